The zero-order chi connectivity index (χ0) is 12.7. The van der Waals surface area contributed by atoms with Gasteiger partial charge in [-0.05, 0) is 0 Å². The molecule has 0 aromatic rings. The van der Waals surface area contributed by atoms with Crippen LogP contribution in [0.25, 0.3) is 0 Å². The standard InChI is InChI=1S/C8H16N2O5S/c1-16(15)3-2-5(9)7(12)10-6(4-11)8(13)14/h5-6,11H,2-4,9H2,1H3,(H,10,12)(H,13,14). The van der Waals surface area contributed by atoms with Gasteiger partial charge in [0.15, 0.2) is 0 Å². The Balaban J connectivity index is 4.08. The Labute approximate surface area is 96.2 Å². The molecule has 7 nitrogen and oxygen atoms in total. The minimum Gasteiger partial charge on any atom is -0.617 e. The topological polar surface area (TPSA) is 136 Å². The van der Waals surface area contributed by atoms with Crippen LogP contribution < -0.4 is 11.1 Å². The molecule has 0 rings (SSSR count). The van der Waals surface area contributed by atoms with Gasteiger partial charge in [-0.25, -0.2) is 4.79 Å². The first kappa shape index (κ1) is 15.2. The van der Waals surface area contributed by atoms with Gasteiger partial charge in [0.25, 0.3) is 0 Å². The lowest BCUT2D eigenvalue weighted by Gasteiger charge is -2.16. The molecule has 0 saturated heterocycles. The second-order valence-electron chi connectivity index (χ2n) is 3.25. The first-order valence-electron chi connectivity index (χ1n) is 4.58. The molecule has 8 heteroatoms. The van der Waals surface area contributed by atoms with Crippen LogP contribution in [0.5, 0.6) is 0 Å². The van der Waals surface area contributed by atoms with Crippen LogP contribution in [-0.2, 0) is 20.8 Å². The zero-order valence-corrected chi connectivity index (χ0v) is 9.70. The van der Waals surface area contributed by atoms with Crippen LogP contribution in [0.3, 0.4) is 0 Å². The molecule has 3 unspecified atom stereocenters. The Hall–Kier alpha value is -0.830. The van der Waals surface area contributed by atoms with Gasteiger partial charge < -0.3 is 25.8 Å². The maximum absolute atomic E-state index is 11.3. The molecule has 3 atom stereocenters. The molecule has 94 valence electrons. The Morgan fingerprint density at radius 1 is 1.56 bits per heavy atom. The molecule has 0 aliphatic carbocycles. The van der Waals surface area contributed by atoms with Gasteiger partial charge in [-0.3, -0.25) is 4.79 Å². The van der Waals surface area contributed by atoms with Crippen molar-refractivity contribution in [3.8, 4) is 0 Å². The largest absolute Gasteiger partial charge is 0.617 e. The van der Waals surface area contributed by atoms with Crippen molar-refractivity contribution in [3.63, 3.8) is 0 Å². The number of hydrogen-bond acceptors (Lipinski definition) is 5. The fourth-order valence-electron chi connectivity index (χ4n) is 0.888. The molecule has 0 aromatic heterocycles. The molecule has 0 aromatic carbocycles. The molecule has 0 spiro atoms. The summed E-state index contributed by atoms with van der Waals surface area (Å²) >= 11 is -1.05. The zero-order valence-electron chi connectivity index (χ0n) is 8.88. The van der Waals surface area contributed by atoms with Gasteiger partial charge in [-0.2, -0.15) is 0 Å². The number of carbonyl (C=O) groups is 2. The molecular formula is C8H16N2O5S. The average molecular weight is 252 g/mol. The predicted octanol–water partition coefficient (Wildman–Crippen LogP) is -2.36. The van der Waals surface area contributed by atoms with Gasteiger partial charge in [0, 0.05) is 6.42 Å². The van der Waals surface area contributed by atoms with Crippen molar-refractivity contribution in [1.29, 1.82) is 0 Å². The Bertz CT molecular complexity index is 249. The SMILES string of the molecule is C[S+]([O-])CCC(N)C(=O)NC(CO)C(=O)O. The van der Waals surface area contributed by atoms with Gasteiger partial charge >= 0.3 is 5.97 Å². The predicted molar refractivity (Wildman–Crippen MR) is 58.2 cm³/mol. The summed E-state index contributed by atoms with van der Waals surface area (Å²) in [6, 6.07) is -2.28. The first-order valence-corrected chi connectivity index (χ1v) is 6.30. The summed E-state index contributed by atoms with van der Waals surface area (Å²) in [6.07, 6.45) is 1.69. The van der Waals surface area contributed by atoms with Gasteiger partial charge in [0.1, 0.15) is 11.8 Å². The third-order valence-corrected chi connectivity index (χ3v) is 2.66. The molecule has 16 heavy (non-hydrogen) atoms. The van der Waals surface area contributed by atoms with Gasteiger partial charge in [-0.15, -0.1) is 0 Å². The number of aliphatic hydroxyl groups is 1. The summed E-state index contributed by atoms with van der Waals surface area (Å²) in [5.41, 5.74) is 5.45. The summed E-state index contributed by atoms with van der Waals surface area (Å²) in [5, 5.41) is 19.3. The second-order valence-corrected chi connectivity index (χ2v) is 4.81. The van der Waals surface area contributed by atoms with Gasteiger partial charge in [0.05, 0.1) is 18.9 Å². The lowest BCUT2D eigenvalue weighted by atomic mass is 10.2. The third kappa shape index (κ3) is 5.91. The molecule has 0 heterocycles. The van der Waals surface area contributed by atoms with Crippen molar-refractivity contribution in [2.24, 2.45) is 5.73 Å². The molecular weight excluding hydrogens is 236 g/mol. The van der Waals surface area contributed by atoms with E-state index in [1.807, 2.05) is 0 Å². The second kappa shape index (κ2) is 7.44. The van der Waals surface area contributed by atoms with Crippen molar-refractivity contribution >= 4 is 23.1 Å². The first-order chi connectivity index (χ1) is 7.38. The maximum atomic E-state index is 11.3. The molecule has 0 saturated carbocycles. The smallest absolute Gasteiger partial charge is 0.328 e. The van der Waals surface area contributed by atoms with Crippen molar-refractivity contribution in [3.05, 3.63) is 0 Å². The number of nitrogens with one attached hydrogen (secondary N) is 1. The maximum Gasteiger partial charge on any atom is 0.328 e. The van der Waals surface area contributed by atoms with E-state index in [0.717, 1.165) is 0 Å². The normalized spacial score (nSPS) is 16.2. The molecule has 1 amide bonds. The van der Waals surface area contributed by atoms with Crippen molar-refractivity contribution in [2.75, 3.05) is 18.6 Å². The van der Waals surface area contributed by atoms with E-state index in [9.17, 15) is 14.1 Å². The van der Waals surface area contributed by atoms with E-state index in [-0.39, 0.29) is 12.2 Å². The van der Waals surface area contributed by atoms with Crippen LogP contribution >= 0.6 is 0 Å². The number of carbonyl (C=O) groups excluding carboxylic acids is 1. The monoisotopic (exact) mass is 252 g/mol. The highest BCUT2D eigenvalue weighted by atomic mass is 32.2. The summed E-state index contributed by atoms with van der Waals surface area (Å²) < 4.78 is 10.7. The van der Waals surface area contributed by atoms with Crippen LogP contribution in [0.4, 0.5) is 0 Å². The number of carboxylic acid groups (broad SMARTS) is 1. The van der Waals surface area contributed by atoms with Crippen LogP contribution in [0, 0.1) is 0 Å². The van der Waals surface area contributed by atoms with E-state index in [4.69, 9.17) is 15.9 Å². The van der Waals surface area contributed by atoms with E-state index in [0.29, 0.717) is 0 Å². The average Bonchev–Trinajstić information content (AvgIpc) is 2.21. The number of aliphatic carboxylic acids is 1. The highest BCUT2D eigenvalue weighted by molar-refractivity contribution is 7.90. The molecule has 0 aliphatic heterocycles. The number of carboxylic acids is 1. The molecule has 0 aliphatic rings. The number of amides is 1. The summed E-state index contributed by atoms with van der Waals surface area (Å²) in [4.78, 5) is 21.8. The van der Waals surface area contributed by atoms with Crippen LogP contribution in [-0.4, -0.2) is 57.3 Å². The van der Waals surface area contributed by atoms with Gasteiger partial charge in [-0.1, -0.05) is 11.2 Å². The van der Waals surface area contributed by atoms with Crippen molar-refractivity contribution < 1.29 is 24.4 Å². The highest BCUT2D eigenvalue weighted by Gasteiger charge is 2.22. The van der Waals surface area contributed by atoms with E-state index < -0.39 is 41.7 Å². The fraction of sp³-hybridized carbons (Fsp3) is 0.750. The quantitative estimate of drug-likeness (QED) is 0.374. The van der Waals surface area contributed by atoms with E-state index in [1.165, 1.54) is 6.26 Å². The summed E-state index contributed by atoms with van der Waals surface area (Å²) in [7, 11) is 0. The van der Waals surface area contributed by atoms with Gasteiger partial charge in [0.2, 0.25) is 5.91 Å². The summed E-state index contributed by atoms with van der Waals surface area (Å²) in [6.45, 7) is -0.701. The molecule has 0 bridgehead atoms. The summed E-state index contributed by atoms with van der Waals surface area (Å²) in [5.74, 6) is -1.74. The minimum absolute atomic E-state index is 0.201. The number of rotatable bonds is 7. The van der Waals surface area contributed by atoms with Crippen LogP contribution in [0.15, 0.2) is 0 Å². The van der Waals surface area contributed by atoms with E-state index >= 15 is 0 Å². The number of nitrogens with two attached hydrogens (primary N) is 1. The molecule has 5 N–H and O–H groups in total. The number of aliphatic hydroxyl groups excluding tert-OH is 1. The molecule has 0 fully saturated rings. The van der Waals surface area contributed by atoms with E-state index in [1.54, 1.807) is 0 Å². The fourth-order valence-corrected chi connectivity index (χ4v) is 1.47. The Kier molecular flexibility index (Phi) is 7.06. The van der Waals surface area contributed by atoms with Crippen molar-refractivity contribution in [1.82, 2.24) is 5.32 Å². The lowest BCUT2D eigenvalue weighted by molar-refractivity contribution is -0.143. The minimum atomic E-state index is -1.36. The Morgan fingerprint density at radius 2 is 2.12 bits per heavy atom. The number of hydrogen-bond donors (Lipinski definition) is 4. The Morgan fingerprint density at radius 3 is 2.50 bits per heavy atom. The highest BCUT2D eigenvalue weighted by Crippen LogP contribution is 1.95. The van der Waals surface area contributed by atoms with Crippen LogP contribution in [0.1, 0.15) is 6.42 Å². The van der Waals surface area contributed by atoms with Crippen LogP contribution in [0.2, 0.25) is 0 Å². The van der Waals surface area contributed by atoms with Crippen molar-refractivity contribution in [2.45, 2.75) is 18.5 Å². The lowest BCUT2D eigenvalue weighted by Crippen LogP contribution is -2.50. The third-order valence-electron chi connectivity index (χ3n) is 1.85. The van der Waals surface area contributed by atoms with E-state index in [2.05, 4.69) is 5.32 Å². The molecule has 0 radical (unpaired) electrons.